The van der Waals surface area contributed by atoms with Crippen molar-refractivity contribution in [3.63, 3.8) is 0 Å². The van der Waals surface area contributed by atoms with Crippen LogP contribution in [0.5, 0.6) is 5.75 Å². The number of aromatic nitrogens is 3. The first-order chi connectivity index (χ1) is 13.0. The fraction of sp³-hybridized carbons (Fsp3) is 0.444. The lowest BCUT2D eigenvalue weighted by molar-refractivity contribution is 0.341. The van der Waals surface area contributed by atoms with Crippen molar-refractivity contribution in [2.45, 2.75) is 50.5 Å². The molecule has 2 heterocycles. The Bertz CT molecular complexity index is 1070. The molecule has 0 atom stereocenters. The summed E-state index contributed by atoms with van der Waals surface area (Å²) >= 11 is 1.29. The molecule has 0 amide bonds. The molecule has 1 saturated carbocycles. The molecule has 3 aromatic rings. The number of thiazole rings is 1. The second kappa shape index (κ2) is 7.12. The minimum Gasteiger partial charge on any atom is -0.494 e. The Labute approximate surface area is 162 Å². The van der Waals surface area contributed by atoms with Gasteiger partial charge in [0.05, 0.1) is 28.6 Å². The van der Waals surface area contributed by atoms with Crippen LogP contribution in [0, 0.1) is 6.92 Å². The number of hydrogen-bond acceptors (Lipinski definition) is 6. The second-order valence-corrected chi connectivity index (χ2v) is 9.37. The fourth-order valence-electron chi connectivity index (χ4n) is 3.46. The molecule has 2 aromatic heterocycles. The van der Waals surface area contributed by atoms with Gasteiger partial charge in [-0.1, -0.05) is 24.2 Å². The largest absolute Gasteiger partial charge is 0.494 e. The molecule has 1 aliphatic carbocycles. The quantitative estimate of drug-likeness (QED) is 0.666. The molecule has 7 nitrogen and oxygen atoms in total. The molecule has 1 aromatic carbocycles. The molecule has 9 heteroatoms. The Morgan fingerprint density at radius 3 is 2.85 bits per heavy atom. The van der Waals surface area contributed by atoms with Crippen LogP contribution in [0.3, 0.4) is 0 Å². The third-order valence-corrected chi connectivity index (χ3v) is 7.26. The summed E-state index contributed by atoms with van der Waals surface area (Å²) in [5.74, 6) is 0.747. The molecule has 0 saturated heterocycles. The maximum Gasteiger partial charge on any atom is 0.267 e. The minimum absolute atomic E-state index is 0.212. The number of ether oxygens (including phenoxy) is 1. The van der Waals surface area contributed by atoms with Gasteiger partial charge in [-0.3, -0.25) is 9.40 Å². The van der Waals surface area contributed by atoms with Gasteiger partial charge in [-0.05, 0) is 44.9 Å². The molecular formula is C18H22N4O3S2. The van der Waals surface area contributed by atoms with E-state index < -0.39 is 10.0 Å². The molecule has 1 N–H and O–H groups in total. The van der Waals surface area contributed by atoms with E-state index in [1.165, 1.54) is 24.2 Å². The molecule has 0 unspecified atom stereocenters. The van der Waals surface area contributed by atoms with E-state index in [2.05, 4.69) is 14.8 Å². The fourth-order valence-corrected chi connectivity index (χ4v) is 5.76. The number of sulfonamides is 1. The van der Waals surface area contributed by atoms with Crippen molar-refractivity contribution >= 4 is 36.7 Å². The lowest BCUT2D eigenvalue weighted by Gasteiger charge is -2.08. The molecule has 144 valence electrons. The van der Waals surface area contributed by atoms with E-state index >= 15 is 0 Å². The molecular weight excluding hydrogens is 384 g/mol. The maximum atomic E-state index is 12.9. The predicted molar refractivity (Wildman–Crippen MR) is 106 cm³/mol. The Balaban J connectivity index is 1.60. The highest BCUT2D eigenvalue weighted by molar-refractivity contribution is 7.93. The average molecular weight is 407 g/mol. The highest BCUT2D eigenvalue weighted by atomic mass is 32.2. The van der Waals surface area contributed by atoms with Crippen LogP contribution in [0.4, 0.5) is 5.13 Å². The molecule has 1 aliphatic rings. The van der Waals surface area contributed by atoms with E-state index in [4.69, 9.17) is 4.74 Å². The molecule has 0 aliphatic heterocycles. The van der Waals surface area contributed by atoms with Gasteiger partial charge in [0.1, 0.15) is 10.6 Å². The van der Waals surface area contributed by atoms with Gasteiger partial charge in [-0.25, -0.2) is 13.4 Å². The second-order valence-electron chi connectivity index (χ2n) is 6.68. The summed E-state index contributed by atoms with van der Waals surface area (Å²) < 4.78 is 36.5. The number of rotatable bonds is 6. The normalized spacial score (nSPS) is 15.5. The van der Waals surface area contributed by atoms with E-state index in [0.29, 0.717) is 23.5 Å². The number of benzene rings is 1. The number of anilines is 1. The molecule has 27 heavy (non-hydrogen) atoms. The van der Waals surface area contributed by atoms with Crippen LogP contribution in [0.2, 0.25) is 0 Å². The first-order valence-electron chi connectivity index (χ1n) is 9.08. The number of fused-ring (bicyclic) bond motifs is 1. The van der Waals surface area contributed by atoms with Gasteiger partial charge in [0, 0.05) is 6.20 Å². The molecule has 1 fully saturated rings. The van der Waals surface area contributed by atoms with E-state index in [9.17, 15) is 8.42 Å². The molecule has 4 rings (SSSR count). The lowest BCUT2D eigenvalue weighted by Crippen LogP contribution is -2.13. The number of hydrogen-bond donors (Lipinski definition) is 1. The average Bonchev–Trinajstić information content (AvgIpc) is 3.32. The summed E-state index contributed by atoms with van der Waals surface area (Å²) in [5, 5.41) is 4.78. The first-order valence-corrected chi connectivity index (χ1v) is 11.4. The lowest BCUT2D eigenvalue weighted by atomic mass is 10.3. The van der Waals surface area contributed by atoms with E-state index in [-0.39, 0.29) is 4.90 Å². The van der Waals surface area contributed by atoms with Crippen LogP contribution < -0.4 is 9.46 Å². The summed E-state index contributed by atoms with van der Waals surface area (Å²) in [6.07, 6.45) is 6.08. The van der Waals surface area contributed by atoms with Gasteiger partial charge in [0.15, 0.2) is 5.13 Å². The first kappa shape index (κ1) is 18.2. The zero-order valence-corrected chi connectivity index (χ0v) is 16.9. The summed E-state index contributed by atoms with van der Waals surface area (Å²) in [5.41, 5.74) is 1.24. The van der Waals surface area contributed by atoms with Crippen LogP contribution in [-0.2, 0) is 10.0 Å². The van der Waals surface area contributed by atoms with Crippen molar-refractivity contribution in [1.82, 2.24) is 14.8 Å². The van der Waals surface area contributed by atoms with Gasteiger partial charge in [-0.2, -0.15) is 5.10 Å². The Morgan fingerprint density at radius 2 is 2.11 bits per heavy atom. The minimum atomic E-state index is -3.74. The summed E-state index contributed by atoms with van der Waals surface area (Å²) in [6.45, 7) is 4.23. The monoisotopic (exact) mass is 406 g/mol. The van der Waals surface area contributed by atoms with E-state index in [1.54, 1.807) is 13.1 Å². The highest BCUT2D eigenvalue weighted by Crippen LogP contribution is 2.32. The Kier molecular flexibility index (Phi) is 4.81. The Hall–Kier alpha value is -2.13. The maximum absolute atomic E-state index is 12.9. The summed E-state index contributed by atoms with van der Waals surface area (Å²) in [4.78, 5) is 4.60. The number of nitrogens with one attached hydrogen (secondary N) is 1. The van der Waals surface area contributed by atoms with Crippen molar-refractivity contribution in [3.05, 3.63) is 30.1 Å². The topological polar surface area (TPSA) is 86.1 Å². The smallest absolute Gasteiger partial charge is 0.267 e. The van der Waals surface area contributed by atoms with Crippen LogP contribution >= 0.6 is 11.3 Å². The highest BCUT2D eigenvalue weighted by Gasteiger charge is 2.25. The van der Waals surface area contributed by atoms with Crippen molar-refractivity contribution in [2.24, 2.45) is 0 Å². The van der Waals surface area contributed by atoms with Gasteiger partial charge < -0.3 is 4.74 Å². The standard InChI is InChI=1S/C18H22N4O3S2/c1-3-25-14-8-9-15-16(10-14)26-18(19-15)21-27(23,24)17-11-22(20-12(17)2)13-6-4-5-7-13/h8-11,13H,3-7H2,1-2H3,(H,19,21). The van der Waals surface area contributed by atoms with Crippen LogP contribution in [0.1, 0.15) is 44.3 Å². The zero-order valence-electron chi connectivity index (χ0n) is 15.3. The zero-order chi connectivity index (χ0) is 19.0. The summed E-state index contributed by atoms with van der Waals surface area (Å²) in [6, 6.07) is 5.84. The molecule has 0 radical (unpaired) electrons. The van der Waals surface area contributed by atoms with Gasteiger partial charge in [0.25, 0.3) is 10.0 Å². The van der Waals surface area contributed by atoms with E-state index in [0.717, 1.165) is 28.8 Å². The van der Waals surface area contributed by atoms with Crippen LogP contribution in [0.25, 0.3) is 10.2 Å². The van der Waals surface area contributed by atoms with Crippen LogP contribution in [0.15, 0.2) is 29.3 Å². The van der Waals surface area contributed by atoms with Gasteiger partial charge in [-0.15, -0.1) is 0 Å². The summed E-state index contributed by atoms with van der Waals surface area (Å²) in [7, 11) is -3.74. The van der Waals surface area contributed by atoms with Crippen molar-refractivity contribution in [1.29, 1.82) is 0 Å². The molecule has 0 bridgehead atoms. The predicted octanol–water partition coefficient (Wildman–Crippen LogP) is 4.12. The SMILES string of the molecule is CCOc1ccc2nc(NS(=O)(=O)c3cn(C4CCCC4)nc3C)sc2c1. The van der Waals surface area contributed by atoms with Crippen molar-refractivity contribution in [3.8, 4) is 5.75 Å². The third kappa shape index (κ3) is 3.66. The molecule has 0 spiro atoms. The van der Waals surface area contributed by atoms with Crippen molar-refractivity contribution < 1.29 is 13.2 Å². The van der Waals surface area contributed by atoms with Gasteiger partial charge in [0.2, 0.25) is 0 Å². The van der Waals surface area contributed by atoms with Crippen LogP contribution in [-0.4, -0.2) is 29.8 Å². The third-order valence-electron chi connectivity index (χ3n) is 4.75. The number of aryl methyl sites for hydroxylation is 1. The van der Waals surface area contributed by atoms with E-state index in [1.807, 2.05) is 29.8 Å². The Morgan fingerprint density at radius 1 is 1.33 bits per heavy atom. The van der Waals surface area contributed by atoms with Crippen molar-refractivity contribution in [2.75, 3.05) is 11.3 Å². The van der Waals surface area contributed by atoms with Gasteiger partial charge >= 0.3 is 0 Å². The number of nitrogens with zero attached hydrogens (tertiary/aromatic N) is 3.